The van der Waals surface area contributed by atoms with Crippen LogP contribution in [0.3, 0.4) is 0 Å². The van der Waals surface area contributed by atoms with Gasteiger partial charge in [0.05, 0.1) is 11.5 Å². The van der Waals surface area contributed by atoms with Crippen molar-refractivity contribution in [2.24, 2.45) is 5.92 Å². The van der Waals surface area contributed by atoms with Crippen molar-refractivity contribution in [3.8, 4) is 5.75 Å². The third-order valence-electron chi connectivity index (χ3n) is 5.85. The van der Waals surface area contributed by atoms with Gasteiger partial charge >= 0.3 is 6.18 Å². The van der Waals surface area contributed by atoms with Gasteiger partial charge in [-0.05, 0) is 60.2 Å². The number of ether oxygens (including phenoxy) is 1. The molecule has 0 saturated heterocycles. The van der Waals surface area contributed by atoms with Gasteiger partial charge in [-0.15, -0.1) is 0 Å². The number of hydrogen-bond donors (Lipinski definition) is 1. The first kappa shape index (κ1) is 26.3. The van der Waals surface area contributed by atoms with Gasteiger partial charge in [0.25, 0.3) is 0 Å². The summed E-state index contributed by atoms with van der Waals surface area (Å²) in [4.78, 5) is 12.8. The Morgan fingerprint density at radius 3 is 2.06 bits per heavy atom. The molecule has 6 heteroatoms. The van der Waals surface area contributed by atoms with Crippen molar-refractivity contribution in [2.45, 2.75) is 51.8 Å². The number of rotatable bonds is 10. The van der Waals surface area contributed by atoms with Crippen LogP contribution in [-0.2, 0) is 17.4 Å². The molecule has 0 aliphatic heterocycles. The quantitative estimate of drug-likeness (QED) is 0.328. The Morgan fingerprint density at radius 1 is 0.857 bits per heavy atom. The molecule has 0 radical (unpaired) electrons. The third-order valence-corrected chi connectivity index (χ3v) is 5.85. The lowest BCUT2D eigenvalue weighted by molar-refractivity contribution is -0.137. The molecule has 2 atom stereocenters. The van der Waals surface area contributed by atoms with Crippen molar-refractivity contribution in [3.63, 3.8) is 0 Å². The standard InChI is InChI=1S/C29H32F3NO2/c1-20(2)19-22-9-11-23(12-10-22)21(3)28(34)33-18-17-27(24-7-5-4-6-8-24)35-26-15-13-25(14-16-26)29(30,31)32/h4-16,20-21,27H,17-19H2,1-3H3,(H,33,34)/t21-,27+/m0/s1. The number of benzene rings is 3. The molecule has 0 aliphatic rings. The van der Waals surface area contributed by atoms with E-state index in [-0.39, 0.29) is 11.8 Å². The second-order valence-electron chi connectivity index (χ2n) is 9.18. The molecular weight excluding hydrogens is 451 g/mol. The highest BCUT2D eigenvalue weighted by molar-refractivity contribution is 5.83. The fourth-order valence-corrected chi connectivity index (χ4v) is 3.89. The molecule has 0 heterocycles. The van der Waals surface area contributed by atoms with Gasteiger partial charge in [0.1, 0.15) is 11.9 Å². The van der Waals surface area contributed by atoms with Gasteiger partial charge in [-0.25, -0.2) is 0 Å². The highest BCUT2D eigenvalue weighted by Crippen LogP contribution is 2.32. The summed E-state index contributed by atoms with van der Waals surface area (Å²) in [6, 6.07) is 22.2. The van der Waals surface area contributed by atoms with E-state index in [1.807, 2.05) is 49.4 Å². The van der Waals surface area contributed by atoms with E-state index < -0.39 is 17.8 Å². The first-order valence-electron chi connectivity index (χ1n) is 11.9. The molecule has 35 heavy (non-hydrogen) atoms. The van der Waals surface area contributed by atoms with E-state index in [4.69, 9.17) is 4.74 Å². The van der Waals surface area contributed by atoms with Gasteiger partial charge < -0.3 is 10.1 Å². The zero-order chi connectivity index (χ0) is 25.4. The second kappa shape index (κ2) is 11.9. The number of amides is 1. The average Bonchev–Trinajstić information content (AvgIpc) is 2.83. The highest BCUT2D eigenvalue weighted by atomic mass is 19.4. The van der Waals surface area contributed by atoms with Crippen molar-refractivity contribution >= 4 is 5.91 Å². The van der Waals surface area contributed by atoms with E-state index in [1.54, 1.807) is 0 Å². The van der Waals surface area contributed by atoms with Gasteiger partial charge in [-0.1, -0.05) is 68.4 Å². The van der Waals surface area contributed by atoms with E-state index in [1.165, 1.54) is 17.7 Å². The largest absolute Gasteiger partial charge is 0.486 e. The van der Waals surface area contributed by atoms with Crippen LogP contribution in [0.4, 0.5) is 13.2 Å². The summed E-state index contributed by atoms with van der Waals surface area (Å²) in [6.45, 7) is 6.59. The van der Waals surface area contributed by atoms with E-state index in [2.05, 4.69) is 31.3 Å². The Hall–Kier alpha value is -3.28. The van der Waals surface area contributed by atoms with Crippen LogP contribution in [0.2, 0.25) is 0 Å². The molecule has 0 spiro atoms. The molecule has 0 bridgehead atoms. The minimum absolute atomic E-state index is 0.0806. The van der Waals surface area contributed by atoms with E-state index in [0.717, 1.165) is 29.7 Å². The molecule has 3 aromatic carbocycles. The molecule has 3 rings (SSSR count). The van der Waals surface area contributed by atoms with Crippen LogP contribution in [0.15, 0.2) is 78.9 Å². The topological polar surface area (TPSA) is 38.3 Å². The second-order valence-corrected chi connectivity index (χ2v) is 9.18. The molecule has 0 saturated carbocycles. The molecule has 0 unspecified atom stereocenters. The summed E-state index contributed by atoms with van der Waals surface area (Å²) < 4.78 is 44.6. The molecule has 0 aromatic heterocycles. The highest BCUT2D eigenvalue weighted by Gasteiger charge is 2.30. The number of halogens is 3. The zero-order valence-corrected chi connectivity index (χ0v) is 20.3. The zero-order valence-electron chi connectivity index (χ0n) is 20.3. The first-order chi connectivity index (χ1) is 16.6. The normalized spacial score (nSPS) is 13.3. The third kappa shape index (κ3) is 7.88. The molecule has 0 aliphatic carbocycles. The average molecular weight is 484 g/mol. The summed E-state index contributed by atoms with van der Waals surface area (Å²) >= 11 is 0. The number of nitrogens with one attached hydrogen (secondary N) is 1. The maximum atomic E-state index is 12.9. The Morgan fingerprint density at radius 2 is 1.49 bits per heavy atom. The van der Waals surface area contributed by atoms with Crippen LogP contribution in [0.25, 0.3) is 0 Å². The summed E-state index contributed by atoms with van der Waals surface area (Å²) in [7, 11) is 0. The Kier molecular flexibility index (Phi) is 8.96. The molecule has 0 fully saturated rings. The number of alkyl halides is 3. The van der Waals surface area contributed by atoms with Crippen molar-refractivity contribution in [1.29, 1.82) is 0 Å². The monoisotopic (exact) mass is 483 g/mol. The van der Waals surface area contributed by atoms with E-state index in [9.17, 15) is 18.0 Å². The Balaban J connectivity index is 1.61. The van der Waals surface area contributed by atoms with Gasteiger partial charge in [-0.3, -0.25) is 4.79 Å². The molecule has 1 N–H and O–H groups in total. The molecule has 186 valence electrons. The number of carbonyl (C=O) groups is 1. The fraction of sp³-hybridized carbons (Fsp3) is 0.345. The van der Waals surface area contributed by atoms with Crippen molar-refractivity contribution in [3.05, 3.63) is 101 Å². The van der Waals surface area contributed by atoms with Crippen molar-refractivity contribution in [1.82, 2.24) is 5.32 Å². The minimum Gasteiger partial charge on any atom is -0.486 e. The van der Waals surface area contributed by atoms with Gasteiger partial charge in [0.15, 0.2) is 0 Å². The summed E-state index contributed by atoms with van der Waals surface area (Å²) in [6.07, 6.45) is -3.34. The summed E-state index contributed by atoms with van der Waals surface area (Å²) in [5, 5.41) is 2.98. The number of hydrogen-bond acceptors (Lipinski definition) is 2. The Labute approximate surface area is 205 Å². The molecule has 3 aromatic rings. The summed E-state index contributed by atoms with van der Waals surface area (Å²) in [5.74, 6) is 0.536. The predicted molar refractivity (Wildman–Crippen MR) is 132 cm³/mol. The summed E-state index contributed by atoms with van der Waals surface area (Å²) in [5.41, 5.74) is 2.37. The SMILES string of the molecule is CC(C)Cc1ccc([C@H](C)C(=O)NCC[C@@H](Oc2ccc(C(F)(F)F)cc2)c2ccccc2)cc1. The maximum Gasteiger partial charge on any atom is 0.416 e. The predicted octanol–water partition coefficient (Wildman–Crippen LogP) is 7.33. The fourth-order valence-electron chi connectivity index (χ4n) is 3.89. The molecule has 3 nitrogen and oxygen atoms in total. The smallest absolute Gasteiger partial charge is 0.416 e. The Bertz CT molecular complexity index is 1060. The van der Waals surface area contributed by atoms with Crippen molar-refractivity contribution < 1.29 is 22.7 Å². The van der Waals surface area contributed by atoms with E-state index in [0.29, 0.717) is 24.6 Å². The number of carbonyl (C=O) groups excluding carboxylic acids is 1. The van der Waals surface area contributed by atoms with Crippen LogP contribution >= 0.6 is 0 Å². The van der Waals surface area contributed by atoms with Gasteiger partial charge in [0.2, 0.25) is 5.91 Å². The minimum atomic E-state index is -4.40. The van der Waals surface area contributed by atoms with Crippen LogP contribution in [-0.4, -0.2) is 12.5 Å². The lowest BCUT2D eigenvalue weighted by Crippen LogP contribution is -2.30. The van der Waals surface area contributed by atoms with Crippen molar-refractivity contribution in [2.75, 3.05) is 6.54 Å². The van der Waals surface area contributed by atoms with E-state index >= 15 is 0 Å². The van der Waals surface area contributed by atoms with Crippen LogP contribution in [0.5, 0.6) is 5.75 Å². The van der Waals surface area contributed by atoms with Gasteiger partial charge in [0, 0.05) is 13.0 Å². The molecular formula is C29H32F3NO2. The van der Waals surface area contributed by atoms with Crippen LogP contribution in [0, 0.1) is 5.92 Å². The molecule has 1 amide bonds. The lowest BCUT2D eigenvalue weighted by atomic mass is 9.96. The maximum absolute atomic E-state index is 12.9. The van der Waals surface area contributed by atoms with Crippen LogP contribution in [0.1, 0.15) is 61.5 Å². The van der Waals surface area contributed by atoms with Crippen LogP contribution < -0.4 is 10.1 Å². The van der Waals surface area contributed by atoms with Gasteiger partial charge in [-0.2, -0.15) is 13.2 Å². The lowest BCUT2D eigenvalue weighted by Gasteiger charge is -2.21. The first-order valence-corrected chi connectivity index (χ1v) is 11.9.